The number of aromatic carboxylic acids is 1. The molecule has 31 heavy (non-hydrogen) atoms. The standard InChI is InChI=1S/C10H7O4.C8H6O7S.Na/c11-9-7-1-2-8(4-3-7)10(12)14-6-5-13-9;9-7(10)5-2-1-3-6(4-5)8(11)15-16(12,13)14;/h1-3H,5-6H2;1-4H,(H,9,10)(H,12,13,14);/q-1;;+1. The van der Waals surface area contributed by atoms with E-state index in [2.05, 4.69) is 10.2 Å². The molecule has 0 unspecified atom stereocenters. The van der Waals surface area contributed by atoms with Crippen molar-refractivity contribution in [1.82, 2.24) is 0 Å². The molecule has 0 aliphatic carbocycles. The van der Waals surface area contributed by atoms with Gasteiger partial charge in [-0.1, -0.05) is 11.6 Å². The minimum absolute atomic E-state index is 0. The first-order valence-electron chi connectivity index (χ1n) is 7.97. The predicted molar refractivity (Wildman–Crippen MR) is 96.2 cm³/mol. The molecule has 158 valence electrons. The molecule has 0 atom stereocenters. The fourth-order valence-electron chi connectivity index (χ4n) is 2.03. The molecule has 0 radical (unpaired) electrons. The molecule has 2 N–H and O–H groups in total. The van der Waals surface area contributed by atoms with Crippen molar-refractivity contribution < 1.29 is 80.5 Å². The van der Waals surface area contributed by atoms with E-state index < -0.39 is 34.3 Å². The maximum atomic E-state index is 11.2. The summed E-state index contributed by atoms with van der Waals surface area (Å²) in [6, 6.07) is 11.6. The number of hydrogen-bond donors (Lipinski definition) is 2. The van der Waals surface area contributed by atoms with Gasteiger partial charge in [0.25, 0.3) is 5.97 Å². The molecule has 2 aromatic rings. The Balaban J connectivity index is 0.000000302. The van der Waals surface area contributed by atoms with Crippen molar-refractivity contribution >= 4 is 34.3 Å². The Hall–Kier alpha value is -2.77. The van der Waals surface area contributed by atoms with E-state index in [0.717, 1.165) is 12.1 Å². The summed E-state index contributed by atoms with van der Waals surface area (Å²) in [5, 5.41) is 8.60. The van der Waals surface area contributed by atoms with Gasteiger partial charge in [-0.3, -0.25) is 9.35 Å². The Bertz CT molecular complexity index is 1040. The maximum Gasteiger partial charge on any atom is 1.00 e. The normalized spacial score (nSPS) is 12.8. The van der Waals surface area contributed by atoms with Crippen LogP contribution in [0.5, 0.6) is 0 Å². The second-order valence-corrected chi connectivity index (χ2v) is 6.47. The molecule has 0 fully saturated rings. The van der Waals surface area contributed by atoms with Crippen molar-refractivity contribution in [2.75, 3.05) is 13.2 Å². The Labute approximate surface area is 198 Å². The zero-order chi connectivity index (χ0) is 22.3. The fourth-order valence-corrected chi connectivity index (χ4v) is 2.32. The third kappa shape index (κ3) is 8.47. The Morgan fingerprint density at radius 3 is 2.16 bits per heavy atom. The van der Waals surface area contributed by atoms with Crippen LogP contribution in [0.4, 0.5) is 0 Å². The number of carbonyl (C=O) groups is 4. The number of carboxylic acid groups (broad SMARTS) is 1. The number of carboxylic acids is 1. The Kier molecular flexibility index (Phi) is 9.81. The number of carbonyl (C=O) groups excluding carboxylic acids is 3. The minimum atomic E-state index is -4.90. The third-order valence-corrected chi connectivity index (χ3v) is 3.71. The van der Waals surface area contributed by atoms with Gasteiger partial charge in [0.1, 0.15) is 13.2 Å². The van der Waals surface area contributed by atoms with Crippen LogP contribution in [0.3, 0.4) is 0 Å². The van der Waals surface area contributed by atoms with Gasteiger partial charge >= 0.3 is 51.9 Å². The van der Waals surface area contributed by atoms with Crippen molar-refractivity contribution in [2.24, 2.45) is 0 Å². The molecule has 0 saturated carbocycles. The Morgan fingerprint density at radius 2 is 1.61 bits per heavy atom. The van der Waals surface area contributed by atoms with Crippen molar-refractivity contribution in [3.05, 3.63) is 70.8 Å². The molecule has 2 heterocycles. The molecule has 2 aliphatic heterocycles. The number of esters is 2. The van der Waals surface area contributed by atoms with E-state index in [1.807, 2.05) is 0 Å². The molecular formula is C18H13NaO11S. The molecule has 2 bridgehead atoms. The summed E-state index contributed by atoms with van der Waals surface area (Å²) in [5.74, 6) is -3.51. The molecule has 4 rings (SSSR count). The first kappa shape index (κ1) is 26.3. The van der Waals surface area contributed by atoms with E-state index in [1.54, 1.807) is 0 Å². The largest absolute Gasteiger partial charge is 1.00 e. The van der Waals surface area contributed by atoms with Gasteiger partial charge in [-0.15, -0.1) is 24.3 Å². The molecule has 0 amide bonds. The molecule has 11 nitrogen and oxygen atoms in total. The number of rotatable bonds is 3. The average Bonchev–Trinajstić information content (AvgIpc) is 2.70. The van der Waals surface area contributed by atoms with Crippen LogP contribution in [0.25, 0.3) is 0 Å². The van der Waals surface area contributed by atoms with Crippen LogP contribution in [0.15, 0.2) is 42.5 Å². The smallest absolute Gasteiger partial charge is 0.502 e. The van der Waals surface area contributed by atoms with Crippen molar-refractivity contribution in [3.8, 4) is 0 Å². The van der Waals surface area contributed by atoms with Gasteiger partial charge in [0.2, 0.25) is 5.97 Å². The zero-order valence-corrected chi connectivity index (χ0v) is 18.7. The van der Waals surface area contributed by atoms with Crippen LogP contribution in [-0.2, 0) is 24.1 Å². The summed E-state index contributed by atoms with van der Waals surface area (Å²) in [6.45, 7) is 0.167. The third-order valence-electron chi connectivity index (χ3n) is 3.34. The topological polar surface area (TPSA) is 171 Å². The Morgan fingerprint density at radius 1 is 1.00 bits per heavy atom. The molecule has 13 heteroatoms. The SMILES string of the molecule is O=C(O)c1cccc(C(=O)OS(=O)(=O)O)c1.O=C1OCCOC(=O)c2c[c-]c1cc2.[Na+]. The van der Waals surface area contributed by atoms with E-state index >= 15 is 0 Å². The van der Waals surface area contributed by atoms with E-state index in [1.165, 1.54) is 30.3 Å². The first-order chi connectivity index (χ1) is 14.1. The van der Waals surface area contributed by atoms with Gasteiger partial charge < -0.3 is 23.6 Å². The number of ether oxygens (including phenoxy) is 2. The molecule has 2 aliphatic rings. The van der Waals surface area contributed by atoms with Crippen molar-refractivity contribution in [1.29, 1.82) is 0 Å². The van der Waals surface area contributed by atoms with Crippen LogP contribution < -0.4 is 29.6 Å². The van der Waals surface area contributed by atoms with Crippen LogP contribution in [0, 0.1) is 6.07 Å². The van der Waals surface area contributed by atoms with Crippen LogP contribution in [-0.4, -0.2) is 55.2 Å². The maximum absolute atomic E-state index is 11.2. The monoisotopic (exact) mass is 460 g/mol. The van der Waals surface area contributed by atoms with Gasteiger partial charge in [0.15, 0.2) is 0 Å². The second-order valence-electron chi connectivity index (χ2n) is 5.45. The average molecular weight is 460 g/mol. The molecular weight excluding hydrogens is 447 g/mol. The van der Waals surface area contributed by atoms with Gasteiger partial charge in [0.05, 0.1) is 11.1 Å². The van der Waals surface area contributed by atoms with Crippen LogP contribution >= 0.6 is 0 Å². The summed E-state index contributed by atoms with van der Waals surface area (Å²) in [4.78, 5) is 44.1. The minimum Gasteiger partial charge on any atom is -0.502 e. The quantitative estimate of drug-likeness (QED) is 0.228. The first-order valence-corrected chi connectivity index (χ1v) is 9.34. The van der Waals surface area contributed by atoms with E-state index in [9.17, 15) is 27.6 Å². The van der Waals surface area contributed by atoms with Gasteiger partial charge in [-0.25, -0.2) is 9.59 Å². The van der Waals surface area contributed by atoms with E-state index in [-0.39, 0.29) is 53.9 Å². The predicted octanol–water partition coefficient (Wildman–Crippen LogP) is -1.84. The molecule has 0 aromatic heterocycles. The van der Waals surface area contributed by atoms with Crippen LogP contribution in [0.2, 0.25) is 0 Å². The zero-order valence-electron chi connectivity index (χ0n) is 15.9. The summed E-state index contributed by atoms with van der Waals surface area (Å²) in [5.41, 5.74) is 0.217. The second kappa shape index (κ2) is 11.6. The molecule has 2 aromatic carbocycles. The fraction of sp³-hybridized carbons (Fsp3) is 0.111. The molecule has 0 saturated heterocycles. The van der Waals surface area contributed by atoms with E-state index in [0.29, 0.717) is 11.1 Å². The number of benzene rings is 2. The number of fused-ring (bicyclic) bond motifs is 7. The van der Waals surface area contributed by atoms with E-state index in [4.69, 9.17) is 19.1 Å². The van der Waals surface area contributed by atoms with Gasteiger partial charge in [0, 0.05) is 0 Å². The summed E-state index contributed by atoms with van der Waals surface area (Å²) < 4.78 is 42.0. The number of hydrogen-bond acceptors (Lipinski definition) is 9. The van der Waals surface area contributed by atoms with Crippen molar-refractivity contribution in [2.45, 2.75) is 0 Å². The molecule has 0 spiro atoms. The van der Waals surface area contributed by atoms with Crippen molar-refractivity contribution in [3.63, 3.8) is 0 Å². The van der Waals surface area contributed by atoms with Gasteiger partial charge in [-0.2, -0.15) is 8.42 Å². The summed E-state index contributed by atoms with van der Waals surface area (Å²) in [7, 11) is -4.90. The summed E-state index contributed by atoms with van der Waals surface area (Å²) >= 11 is 0. The van der Waals surface area contributed by atoms with Gasteiger partial charge in [-0.05, 0) is 23.8 Å². The summed E-state index contributed by atoms with van der Waals surface area (Å²) in [6.07, 6.45) is 0. The van der Waals surface area contributed by atoms with Crippen LogP contribution in [0.1, 0.15) is 41.4 Å².